The lowest BCUT2D eigenvalue weighted by atomic mass is 10.1. The lowest BCUT2D eigenvalue weighted by molar-refractivity contribution is 0.474. The second-order valence-electron chi connectivity index (χ2n) is 3.21. The molecular weight excluding hydrogens is 193 g/mol. The van der Waals surface area contributed by atoms with Gasteiger partial charge < -0.3 is 5.11 Å². The van der Waals surface area contributed by atoms with Crippen LogP contribution in [0.25, 0.3) is 11.3 Å². The van der Waals surface area contributed by atoms with Crippen molar-refractivity contribution >= 4 is 0 Å². The highest BCUT2D eigenvalue weighted by atomic mass is 19.1. The topological polar surface area (TPSA) is 33.1 Å². The van der Waals surface area contributed by atoms with E-state index < -0.39 is 5.82 Å². The van der Waals surface area contributed by atoms with E-state index in [4.69, 9.17) is 0 Å². The van der Waals surface area contributed by atoms with Gasteiger partial charge in [0, 0.05) is 11.8 Å². The summed E-state index contributed by atoms with van der Waals surface area (Å²) in [5.41, 5.74) is 1.28. The van der Waals surface area contributed by atoms with Crippen LogP contribution in [-0.2, 0) is 0 Å². The number of pyridine rings is 1. The van der Waals surface area contributed by atoms with E-state index in [9.17, 15) is 9.50 Å². The molecule has 1 aromatic heterocycles. The fourth-order valence-electron chi connectivity index (χ4n) is 1.31. The average molecular weight is 201 g/mol. The van der Waals surface area contributed by atoms with Gasteiger partial charge in [0.15, 0.2) is 5.82 Å². The third-order valence-corrected chi connectivity index (χ3v) is 2.01. The van der Waals surface area contributed by atoms with Crippen molar-refractivity contribution in [2.75, 3.05) is 0 Å². The van der Waals surface area contributed by atoms with Gasteiger partial charge in [-0.15, -0.1) is 0 Å². The van der Waals surface area contributed by atoms with Gasteiger partial charge in [0.2, 0.25) is 0 Å². The number of hydrogen-bond acceptors (Lipinski definition) is 2. The normalized spacial score (nSPS) is 9.73. The summed E-state index contributed by atoms with van der Waals surface area (Å²) in [6.45, 7) is 1.80. The number of aromatic hydroxyl groups is 1. The predicted octanol–water partition coefficient (Wildman–Crippen LogP) is 2.50. The van der Waals surface area contributed by atoms with E-state index in [2.05, 4.69) is 17.1 Å². The fourth-order valence-corrected chi connectivity index (χ4v) is 1.31. The summed E-state index contributed by atoms with van der Waals surface area (Å²) in [7, 11) is 0. The Hall–Kier alpha value is -2.08. The molecular formula is C12H8FNO. The molecule has 0 fully saturated rings. The van der Waals surface area contributed by atoms with Crippen LogP contribution in [0.15, 0.2) is 24.4 Å². The highest BCUT2D eigenvalue weighted by Crippen LogP contribution is 2.28. The van der Waals surface area contributed by atoms with Crippen LogP contribution in [0.2, 0.25) is 0 Å². The van der Waals surface area contributed by atoms with Crippen molar-refractivity contribution in [2.45, 2.75) is 6.92 Å². The van der Waals surface area contributed by atoms with E-state index in [-0.39, 0.29) is 17.0 Å². The minimum atomic E-state index is -0.566. The third kappa shape index (κ3) is 1.75. The lowest BCUT2D eigenvalue weighted by Crippen LogP contribution is -1.88. The van der Waals surface area contributed by atoms with Crippen LogP contribution in [-0.4, -0.2) is 10.1 Å². The van der Waals surface area contributed by atoms with Crippen LogP contribution in [0.3, 0.4) is 0 Å². The summed E-state index contributed by atoms with van der Waals surface area (Å²) in [5.74, 6) is -0.599. The smallest absolute Gasteiger partial charge is 0.183 e. The molecule has 0 spiro atoms. The molecule has 0 atom stereocenters. The Bertz CT molecular complexity index is 497. The molecule has 2 aromatic rings. The molecule has 0 aliphatic heterocycles. The van der Waals surface area contributed by atoms with Crippen molar-refractivity contribution in [2.24, 2.45) is 0 Å². The maximum Gasteiger partial charge on any atom is 0.183 e. The molecule has 3 heteroatoms. The van der Waals surface area contributed by atoms with Gasteiger partial charge in [-0.1, -0.05) is 6.07 Å². The summed E-state index contributed by atoms with van der Waals surface area (Å²) in [5, 5.41) is 9.62. The van der Waals surface area contributed by atoms with E-state index >= 15 is 0 Å². The van der Waals surface area contributed by atoms with E-state index in [1.54, 1.807) is 19.2 Å². The van der Waals surface area contributed by atoms with Crippen molar-refractivity contribution in [1.82, 2.24) is 4.98 Å². The van der Waals surface area contributed by atoms with Crippen LogP contribution in [0, 0.1) is 24.9 Å². The first-order valence-electron chi connectivity index (χ1n) is 4.42. The number of halogens is 1. The minimum absolute atomic E-state index is 0.0338. The Morgan fingerprint density at radius 1 is 1.47 bits per heavy atom. The van der Waals surface area contributed by atoms with Gasteiger partial charge in [0.05, 0.1) is 0 Å². The summed E-state index contributed by atoms with van der Waals surface area (Å²) in [6, 6.07) is 9.36. The zero-order valence-corrected chi connectivity index (χ0v) is 8.08. The van der Waals surface area contributed by atoms with Crippen molar-refractivity contribution in [1.29, 1.82) is 0 Å². The Morgan fingerprint density at radius 3 is 2.93 bits per heavy atom. The Labute approximate surface area is 87.0 Å². The Balaban J connectivity index is 2.60. The highest BCUT2D eigenvalue weighted by Gasteiger charge is 2.09. The first-order chi connectivity index (χ1) is 7.18. The lowest BCUT2D eigenvalue weighted by Gasteiger charge is -2.03. The molecule has 0 unspecified atom stereocenters. The van der Waals surface area contributed by atoms with Gasteiger partial charge >= 0.3 is 0 Å². The number of nitrogens with zero attached hydrogens (tertiary/aromatic N) is 1. The van der Waals surface area contributed by atoms with Gasteiger partial charge in [-0.05, 0) is 36.8 Å². The standard InChI is InChI=1S/C12H8FNO/c1-8-6-11(15)12(14-7-8)9-4-2-3-5-10(9)13/h2,4,6-7,15H,1H3. The fraction of sp³-hybridized carbons (Fsp3) is 0.0833. The van der Waals surface area contributed by atoms with Crippen molar-refractivity contribution in [3.05, 3.63) is 47.9 Å². The third-order valence-electron chi connectivity index (χ3n) is 2.01. The number of rotatable bonds is 1. The van der Waals surface area contributed by atoms with Crippen LogP contribution in [0.4, 0.5) is 4.39 Å². The van der Waals surface area contributed by atoms with E-state index in [1.807, 2.05) is 0 Å². The van der Waals surface area contributed by atoms with Crippen molar-refractivity contribution in [3.8, 4) is 17.0 Å². The van der Waals surface area contributed by atoms with E-state index in [0.29, 0.717) is 0 Å². The van der Waals surface area contributed by atoms with Crippen LogP contribution < -0.4 is 0 Å². The van der Waals surface area contributed by atoms with Gasteiger partial charge in [-0.2, -0.15) is 4.39 Å². The van der Waals surface area contributed by atoms with Gasteiger partial charge in [-0.3, -0.25) is 4.98 Å². The molecule has 0 radical (unpaired) electrons. The first kappa shape index (κ1) is 9.47. The average Bonchev–Trinajstić information content (AvgIpc) is 2.20. The number of aromatic nitrogens is 1. The van der Waals surface area contributed by atoms with Crippen molar-refractivity contribution < 1.29 is 9.50 Å². The van der Waals surface area contributed by atoms with Crippen LogP contribution >= 0.6 is 0 Å². The number of aryl methyl sites for hydroxylation is 1. The molecule has 0 bridgehead atoms. The van der Waals surface area contributed by atoms with Crippen LogP contribution in [0.1, 0.15) is 5.56 Å². The summed E-state index contributed by atoms with van der Waals surface area (Å²) in [4.78, 5) is 3.98. The zero-order chi connectivity index (χ0) is 10.8. The summed E-state index contributed by atoms with van der Waals surface area (Å²) in [6.07, 6.45) is 1.57. The molecule has 0 amide bonds. The quantitative estimate of drug-likeness (QED) is 0.768. The van der Waals surface area contributed by atoms with E-state index in [0.717, 1.165) is 5.56 Å². The molecule has 2 rings (SSSR count). The Kier molecular flexibility index (Phi) is 2.26. The number of hydrogen-bond donors (Lipinski definition) is 1. The minimum Gasteiger partial charge on any atom is -0.506 e. The molecule has 0 saturated heterocycles. The van der Waals surface area contributed by atoms with E-state index in [1.165, 1.54) is 12.1 Å². The monoisotopic (exact) mass is 201 g/mol. The summed E-state index contributed by atoms with van der Waals surface area (Å²) >= 11 is 0. The second-order valence-corrected chi connectivity index (χ2v) is 3.21. The molecule has 1 N–H and O–H groups in total. The summed E-state index contributed by atoms with van der Waals surface area (Å²) < 4.78 is 13.3. The Morgan fingerprint density at radius 2 is 2.27 bits per heavy atom. The largest absolute Gasteiger partial charge is 0.506 e. The molecule has 2 nitrogen and oxygen atoms in total. The highest BCUT2D eigenvalue weighted by molar-refractivity contribution is 5.65. The van der Waals surface area contributed by atoms with Gasteiger partial charge in [0.1, 0.15) is 11.4 Å². The molecule has 1 heterocycles. The molecule has 15 heavy (non-hydrogen) atoms. The van der Waals surface area contributed by atoms with Gasteiger partial charge in [-0.25, -0.2) is 0 Å². The van der Waals surface area contributed by atoms with Crippen LogP contribution in [0.5, 0.6) is 5.75 Å². The molecule has 0 saturated carbocycles. The zero-order valence-electron chi connectivity index (χ0n) is 8.08. The van der Waals surface area contributed by atoms with Crippen molar-refractivity contribution in [3.63, 3.8) is 0 Å². The van der Waals surface area contributed by atoms with Gasteiger partial charge in [0.25, 0.3) is 0 Å². The molecule has 1 aromatic carbocycles. The second kappa shape index (κ2) is 3.58. The maximum absolute atomic E-state index is 13.3. The predicted molar refractivity (Wildman–Crippen MR) is 53.7 cm³/mol. The maximum atomic E-state index is 13.3. The first-order valence-corrected chi connectivity index (χ1v) is 4.42. The molecule has 74 valence electrons. The molecule has 0 aliphatic carbocycles. The SMILES string of the molecule is Cc1cnc(-c2ccc#cc2F)c(O)c1. The molecule has 0 aliphatic rings.